The minimum Gasteiger partial charge on any atom is -0.355 e. The van der Waals surface area contributed by atoms with Crippen molar-refractivity contribution in [2.75, 3.05) is 14.1 Å². The Morgan fingerprint density at radius 1 is 1.19 bits per heavy atom. The van der Waals surface area contributed by atoms with Gasteiger partial charge in [0.25, 0.3) is 11.5 Å². The Bertz CT molecular complexity index is 979. The van der Waals surface area contributed by atoms with Crippen molar-refractivity contribution < 1.29 is 4.79 Å². The molecule has 2 aromatic carbocycles. The molecule has 2 N–H and O–H groups in total. The highest BCUT2D eigenvalue weighted by atomic mass is 16.1. The summed E-state index contributed by atoms with van der Waals surface area (Å²) in [4.78, 5) is 33.5. The van der Waals surface area contributed by atoms with Gasteiger partial charge in [-0.3, -0.25) is 14.5 Å². The van der Waals surface area contributed by atoms with Crippen LogP contribution in [-0.2, 0) is 6.54 Å². The molecule has 0 aliphatic carbocycles. The molecule has 0 unspecified atom stereocenters. The maximum Gasteiger partial charge on any atom is 0.258 e. The summed E-state index contributed by atoms with van der Waals surface area (Å²) in [6, 6.07) is 14.7. The lowest BCUT2D eigenvalue weighted by atomic mass is 10.1. The maximum absolute atomic E-state index is 12.3. The third kappa shape index (κ3) is 3.65. The molecule has 1 aromatic heterocycles. The first-order valence-corrected chi connectivity index (χ1v) is 8.50. The molecule has 0 fully saturated rings. The first kappa shape index (κ1) is 17.8. The number of amides is 1. The number of hydrogen-bond acceptors (Lipinski definition) is 4. The molecule has 0 bridgehead atoms. The highest BCUT2D eigenvalue weighted by Gasteiger charge is 2.16. The van der Waals surface area contributed by atoms with Crippen LogP contribution in [0, 0.1) is 0 Å². The topological polar surface area (TPSA) is 78.1 Å². The Morgan fingerprint density at radius 2 is 1.88 bits per heavy atom. The molecule has 0 radical (unpaired) electrons. The van der Waals surface area contributed by atoms with Gasteiger partial charge in [0.05, 0.1) is 16.9 Å². The van der Waals surface area contributed by atoms with Gasteiger partial charge in [-0.1, -0.05) is 24.3 Å². The SMILES string of the molecule is CNC(=O)c1ccc(CN(C)[C@@H](C)c2nc3ccccc3c(=O)[nH]2)cc1. The Labute approximate surface area is 151 Å². The lowest BCUT2D eigenvalue weighted by Gasteiger charge is -2.24. The lowest BCUT2D eigenvalue weighted by molar-refractivity contribution is 0.0963. The van der Waals surface area contributed by atoms with Crippen LogP contribution in [0.1, 0.15) is 34.7 Å². The van der Waals surface area contributed by atoms with Crippen molar-refractivity contribution in [2.24, 2.45) is 0 Å². The predicted molar refractivity (Wildman–Crippen MR) is 102 cm³/mol. The van der Waals surface area contributed by atoms with E-state index in [0.29, 0.717) is 28.8 Å². The van der Waals surface area contributed by atoms with E-state index in [-0.39, 0.29) is 17.5 Å². The quantitative estimate of drug-likeness (QED) is 0.741. The summed E-state index contributed by atoms with van der Waals surface area (Å²) in [5.41, 5.74) is 2.28. The third-order valence-corrected chi connectivity index (χ3v) is 4.56. The Kier molecular flexibility index (Phi) is 5.14. The fourth-order valence-corrected chi connectivity index (χ4v) is 2.84. The van der Waals surface area contributed by atoms with Crippen LogP contribution >= 0.6 is 0 Å². The number of fused-ring (bicyclic) bond motifs is 1. The fraction of sp³-hybridized carbons (Fsp3) is 0.250. The number of para-hydroxylation sites is 1. The van der Waals surface area contributed by atoms with Crippen LogP contribution in [0.25, 0.3) is 10.9 Å². The molecule has 3 rings (SSSR count). The highest BCUT2D eigenvalue weighted by Crippen LogP contribution is 2.18. The molecule has 0 spiro atoms. The van der Waals surface area contributed by atoms with E-state index < -0.39 is 0 Å². The largest absolute Gasteiger partial charge is 0.355 e. The summed E-state index contributed by atoms with van der Waals surface area (Å²) in [6.45, 7) is 2.68. The number of hydrogen-bond donors (Lipinski definition) is 2. The van der Waals surface area contributed by atoms with Crippen molar-refractivity contribution in [3.05, 3.63) is 75.8 Å². The van der Waals surface area contributed by atoms with Gasteiger partial charge in [0.2, 0.25) is 0 Å². The summed E-state index contributed by atoms with van der Waals surface area (Å²) in [7, 11) is 3.59. The van der Waals surface area contributed by atoms with Crippen molar-refractivity contribution in [2.45, 2.75) is 19.5 Å². The molecule has 134 valence electrons. The molecular formula is C20H22N4O2. The van der Waals surface area contributed by atoms with Crippen molar-refractivity contribution >= 4 is 16.8 Å². The van der Waals surface area contributed by atoms with Crippen molar-refractivity contribution in [3.8, 4) is 0 Å². The summed E-state index contributed by atoms with van der Waals surface area (Å²) in [5, 5.41) is 3.20. The van der Waals surface area contributed by atoms with E-state index >= 15 is 0 Å². The monoisotopic (exact) mass is 350 g/mol. The first-order valence-electron chi connectivity index (χ1n) is 8.50. The highest BCUT2D eigenvalue weighted by molar-refractivity contribution is 5.93. The standard InChI is InChI=1S/C20H22N4O2/c1-13(18-22-17-7-5-4-6-16(17)20(26)23-18)24(3)12-14-8-10-15(11-9-14)19(25)21-2/h4-11,13H,12H2,1-3H3,(H,21,25)(H,22,23,26)/t13-/m0/s1. The molecule has 0 aliphatic rings. The second-order valence-corrected chi connectivity index (χ2v) is 6.34. The van der Waals surface area contributed by atoms with Crippen LogP contribution in [0.4, 0.5) is 0 Å². The molecule has 1 amide bonds. The molecular weight excluding hydrogens is 328 g/mol. The van der Waals surface area contributed by atoms with E-state index in [4.69, 9.17) is 0 Å². The number of aromatic nitrogens is 2. The van der Waals surface area contributed by atoms with Gasteiger partial charge in [-0.05, 0) is 43.8 Å². The molecule has 6 nitrogen and oxygen atoms in total. The Morgan fingerprint density at radius 3 is 2.58 bits per heavy atom. The van der Waals surface area contributed by atoms with Gasteiger partial charge in [-0.25, -0.2) is 4.98 Å². The second-order valence-electron chi connectivity index (χ2n) is 6.34. The van der Waals surface area contributed by atoms with Gasteiger partial charge >= 0.3 is 0 Å². The average molecular weight is 350 g/mol. The van der Waals surface area contributed by atoms with Crippen LogP contribution < -0.4 is 10.9 Å². The first-order chi connectivity index (χ1) is 12.5. The van der Waals surface area contributed by atoms with Crippen LogP contribution in [0.15, 0.2) is 53.3 Å². The van der Waals surface area contributed by atoms with Crippen LogP contribution in [-0.4, -0.2) is 34.9 Å². The zero-order valence-electron chi connectivity index (χ0n) is 15.1. The van der Waals surface area contributed by atoms with Crippen molar-refractivity contribution in [3.63, 3.8) is 0 Å². The van der Waals surface area contributed by atoms with Crippen molar-refractivity contribution in [1.29, 1.82) is 0 Å². The zero-order valence-corrected chi connectivity index (χ0v) is 15.1. The van der Waals surface area contributed by atoms with Crippen LogP contribution in [0.5, 0.6) is 0 Å². The van der Waals surface area contributed by atoms with Gasteiger partial charge in [0.1, 0.15) is 5.82 Å². The van der Waals surface area contributed by atoms with Gasteiger partial charge in [0, 0.05) is 19.2 Å². The average Bonchev–Trinajstić information content (AvgIpc) is 2.67. The minimum absolute atomic E-state index is 0.0640. The number of rotatable bonds is 5. The predicted octanol–water partition coefficient (Wildman–Crippen LogP) is 2.48. The minimum atomic E-state index is -0.124. The lowest BCUT2D eigenvalue weighted by Crippen LogP contribution is -2.26. The smallest absolute Gasteiger partial charge is 0.258 e. The molecule has 1 heterocycles. The number of nitrogens with zero attached hydrogens (tertiary/aromatic N) is 2. The molecule has 26 heavy (non-hydrogen) atoms. The van der Waals surface area contributed by atoms with E-state index in [1.807, 2.05) is 56.4 Å². The number of nitrogens with one attached hydrogen (secondary N) is 2. The van der Waals surface area contributed by atoms with E-state index in [2.05, 4.69) is 20.2 Å². The molecule has 0 saturated heterocycles. The number of aromatic amines is 1. The molecule has 6 heteroatoms. The van der Waals surface area contributed by atoms with Gasteiger partial charge in [0.15, 0.2) is 0 Å². The number of benzene rings is 2. The third-order valence-electron chi connectivity index (χ3n) is 4.56. The molecule has 1 atom stereocenters. The van der Waals surface area contributed by atoms with Gasteiger partial charge < -0.3 is 10.3 Å². The number of carbonyl (C=O) groups is 1. The summed E-state index contributed by atoms with van der Waals surface area (Å²) in [6.07, 6.45) is 0. The van der Waals surface area contributed by atoms with Crippen LogP contribution in [0.2, 0.25) is 0 Å². The molecule has 0 saturated carbocycles. The van der Waals surface area contributed by atoms with E-state index in [1.165, 1.54) is 0 Å². The zero-order chi connectivity index (χ0) is 18.7. The van der Waals surface area contributed by atoms with Gasteiger partial charge in [-0.15, -0.1) is 0 Å². The normalized spacial score (nSPS) is 12.3. The molecule has 0 aliphatic heterocycles. The van der Waals surface area contributed by atoms with Crippen LogP contribution in [0.3, 0.4) is 0 Å². The number of H-pyrrole nitrogens is 1. The van der Waals surface area contributed by atoms with Gasteiger partial charge in [-0.2, -0.15) is 0 Å². The Balaban J connectivity index is 1.78. The van der Waals surface area contributed by atoms with Crippen molar-refractivity contribution in [1.82, 2.24) is 20.2 Å². The molecule has 3 aromatic rings. The summed E-state index contributed by atoms with van der Waals surface area (Å²) >= 11 is 0. The second kappa shape index (κ2) is 7.49. The van der Waals surface area contributed by atoms with E-state index in [1.54, 1.807) is 13.1 Å². The van der Waals surface area contributed by atoms with E-state index in [9.17, 15) is 9.59 Å². The number of carbonyl (C=O) groups excluding carboxylic acids is 1. The summed E-state index contributed by atoms with van der Waals surface area (Å²) in [5.74, 6) is 0.536. The Hall–Kier alpha value is -2.99. The maximum atomic E-state index is 12.3. The van der Waals surface area contributed by atoms with E-state index in [0.717, 1.165) is 5.56 Å². The summed E-state index contributed by atoms with van der Waals surface area (Å²) < 4.78 is 0. The fourth-order valence-electron chi connectivity index (χ4n) is 2.84.